The van der Waals surface area contributed by atoms with E-state index < -0.39 is 6.10 Å². The van der Waals surface area contributed by atoms with Gasteiger partial charge in [-0.3, -0.25) is 0 Å². The zero-order chi connectivity index (χ0) is 16.0. The van der Waals surface area contributed by atoms with Crippen LogP contribution in [0.3, 0.4) is 0 Å². The lowest BCUT2D eigenvalue weighted by Crippen LogP contribution is -3.00. The van der Waals surface area contributed by atoms with E-state index in [4.69, 9.17) is 9.47 Å². The van der Waals surface area contributed by atoms with E-state index in [1.165, 1.54) is 25.8 Å². The molecule has 3 aliphatic carbocycles. The van der Waals surface area contributed by atoms with Gasteiger partial charge in [0.15, 0.2) is 0 Å². The van der Waals surface area contributed by atoms with Crippen molar-refractivity contribution in [3.8, 4) is 0 Å². The second-order valence-corrected chi connectivity index (χ2v) is 9.23. The van der Waals surface area contributed by atoms with Crippen molar-refractivity contribution in [3.05, 3.63) is 12.2 Å². The average Bonchev–Trinajstić information content (AvgIpc) is 2.88. The molecule has 136 valence electrons. The first-order valence-corrected chi connectivity index (χ1v) is 9.36. The summed E-state index contributed by atoms with van der Waals surface area (Å²) >= 11 is 0. The van der Waals surface area contributed by atoms with Gasteiger partial charge in [-0.15, -0.1) is 0 Å². The van der Waals surface area contributed by atoms with Crippen molar-refractivity contribution in [2.75, 3.05) is 27.7 Å². The Morgan fingerprint density at radius 2 is 2.04 bits per heavy atom. The van der Waals surface area contributed by atoms with Gasteiger partial charge in [0.2, 0.25) is 0 Å². The average molecular weight is 400 g/mol. The van der Waals surface area contributed by atoms with Crippen LogP contribution in [0.1, 0.15) is 25.7 Å². The van der Waals surface area contributed by atoms with E-state index >= 15 is 0 Å². The molecular formula is C19H30BrNO3. The van der Waals surface area contributed by atoms with Crippen LogP contribution < -0.4 is 17.0 Å². The lowest BCUT2D eigenvalue weighted by atomic mass is 9.45. The van der Waals surface area contributed by atoms with Crippen molar-refractivity contribution < 1.29 is 36.0 Å². The van der Waals surface area contributed by atoms with E-state index in [2.05, 4.69) is 20.2 Å². The van der Waals surface area contributed by atoms with E-state index in [0.29, 0.717) is 17.9 Å². The second-order valence-electron chi connectivity index (χ2n) is 9.23. The monoisotopic (exact) mass is 399 g/mol. The van der Waals surface area contributed by atoms with Crippen LogP contribution in [-0.2, 0) is 9.47 Å². The highest BCUT2D eigenvalue weighted by molar-refractivity contribution is 5.25. The van der Waals surface area contributed by atoms with Gasteiger partial charge in [-0.1, -0.05) is 12.2 Å². The highest BCUT2D eigenvalue weighted by atomic mass is 79.9. The third-order valence-electron chi connectivity index (χ3n) is 8.23. The van der Waals surface area contributed by atoms with E-state index in [9.17, 15) is 5.11 Å². The molecule has 0 aromatic heterocycles. The molecule has 1 N–H and O–H groups in total. The summed E-state index contributed by atoms with van der Waals surface area (Å²) in [7, 11) is 6.63. The van der Waals surface area contributed by atoms with Crippen LogP contribution in [0.2, 0.25) is 0 Å². The lowest BCUT2D eigenvalue weighted by molar-refractivity contribution is -0.929. The maximum absolute atomic E-state index is 10.7. The third kappa shape index (κ3) is 1.94. The molecular weight excluding hydrogens is 370 g/mol. The fourth-order valence-electron chi connectivity index (χ4n) is 7.25. The number of aliphatic hydroxyl groups is 1. The number of nitrogens with zero attached hydrogens (tertiary/aromatic N) is 1. The van der Waals surface area contributed by atoms with Gasteiger partial charge in [0.25, 0.3) is 0 Å². The number of piperidine rings is 1. The Kier molecular flexibility index (Phi) is 4.02. The topological polar surface area (TPSA) is 38.7 Å². The number of methoxy groups -OCH3 is 1. The van der Waals surface area contributed by atoms with Gasteiger partial charge in [0.05, 0.1) is 51.1 Å². The van der Waals surface area contributed by atoms with Gasteiger partial charge < -0.3 is 36.0 Å². The molecule has 1 spiro atoms. The largest absolute Gasteiger partial charge is 1.00 e. The van der Waals surface area contributed by atoms with E-state index in [1.54, 1.807) is 0 Å². The maximum atomic E-state index is 10.7. The zero-order valence-electron chi connectivity index (χ0n) is 14.9. The summed E-state index contributed by atoms with van der Waals surface area (Å²) in [6.45, 7) is 1.20. The minimum Gasteiger partial charge on any atom is -1.00 e. The van der Waals surface area contributed by atoms with Crippen molar-refractivity contribution in [3.63, 3.8) is 0 Å². The Hall–Kier alpha value is 0.0600. The normalized spacial score (nSPS) is 56.3. The molecule has 5 aliphatic rings. The fraction of sp³-hybridized carbons (Fsp3) is 0.895. The molecule has 4 nitrogen and oxygen atoms in total. The molecule has 0 radical (unpaired) electrons. The molecule has 24 heavy (non-hydrogen) atoms. The minimum atomic E-state index is -0.442. The van der Waals surface area contributed by atoms with Crippen molar-refractivity contribution in [2.24, 2.45) is 23.2 Å². The predicted molar refractivity (Wildman–Crippen MR) is 86.7 cm³/mol. The number of quaternary nitrogens is 1. The summed E-state index contributed by atoms with van der Waals surface area (Å²) in [6.07, 6.45) is 9.18. The van der Waals surface area contributed by atoms with E-state index in [-0.39, 0.29) is 40.7 Å². The van der Waals surface area contributed by atoms with Crippen molar-refractivity contribution >= 4 is 0 Å². The molecule has 5 rings (SSSR count). The van der Waals surface area contributed by atoms with Crippen LogP contribution in [0.15, 0.2) is 12.2 Å². The summed E-state index contributed by atoms with van der Waals surface area (Å²) in [4.78, 5) is 0. The molecule has 2 saturated heterocycles. The fourth-order valence-corrected chi connectivity index (χ4v) is 7.25. The van der Waals surface area contributed by atoms with Gasteiger partial charge in [-0.05, 0) is 24.7 Å². The van der Waals surface area contributed by atoms with Crippen LogP contribution >= 0.6 is 0 Å². The quantitative estimate of drug-likeness (QED) is 0.434. The second kappa shape index (κ2) is 5.53. The first kappa shape index (κ1) is 17.5. The molecule has 2 saturated carbocycles. The Balaban J connectivity index is 0.00000146. The number of hydrogen-bond donors (Lipinski definition) is 1. The first-order chi connectivity index (χ1) is 11.0. The number of rotatable bonds is 1. The van der Waals surface area contributed by atoms with Gasteiger partial charge in [0, 0.05) is 31.3 Å². The molecule has 2 heterocycles. The molecule has 4 fully saturated rings. The molecule has 5 heteroatoms. The van der Waals surface area contributed by atoms with Crippen molar-refractivity contribution in [1.82, 2.24) is 0 Å². The van der Waals surface area contributed by atoms with Crippen molar-refractivity contribution in [2.45, 2.75) is 56.1 Å². The summed E-state index contributed by atoms with van der Waals surface area (Å²) < 4.78 is 13.5. The summed E-state index contributed by atoms with van der Waals surface area (Å²) in [5.41, 5.74) is 0.150. The van der Waals surface area contributed by atoms with Gasteiger partial charge in [0.1, 0.15) is 0 Å². The van der Waals surface area contributed by atoms with Gasteiger partial charge in [-0.2, -0.15) is 0 Å². The Morgan fingerprint density at radius 1 is 1.25 bits per heavy atom. The molecule has 9 unspecified atom stereocenters. The minimum absolute atomic E-state index is 0. The number of likely N-dealkylation sites (tertiary alicyclic amines) is 1. The van der Waals surface area contributed by atoms with Crippen LogP contribution in [0.25, 0.3) is 0 Å². The smallest absolute Gasteiger partial charge is 0.0988 e. The summed E-state index contributed by atoms with van der Waals surface area (Å²) in [6, 6.07) is 0.678. The Morgan fingerprint density at radius 3 is 2.79 bits per heavy atom. The number of ether oxygens (including phenoxy) is 2. The zero-order valence-corrected chi connectivity index (χ0v) is 16.5. The van der Waals surface area contributed by atoms with Gasteiger partial charge >= 0.3 is 0 Å². The predicted octanol–water partition coefficient (Wildman–Crippen LogP) is -1.42. The van der Waals surface area contributed by atoms with E-state index in [1.807, 2.05) is 13.2 Å². The van der Waals surface area contributed by atoms with E-state index in [0.717, 1.165) is 16.8 Å². The lowest BCUT2D eigenvalue weighted by Gasteiger charge is -2.63. The highest BCUT2D eigenvalue weighted by Gasteiger charge is 2.73. The van der Waals surface area contributed by atoms with Crippen LogP contribution in [0.4, 0.5) is 0 Å². The molecule has 0 amide bonds. The number of hydrogen-bond acceptors (Lipinski definition) is 3. The van der Waals surface area contributed by atoms with Crippen molar-refractivity contribution in [1.29, 1.82) is 0 Å². The molecule has 9 atom stereocenters. The molecule has 0 aromatic carbocycles. The van der Waals surface area contributed by atoms with Gasteiger partial charge in [-0.25, -0.2) is 0 Å². The third-order valence-corrected chi connectivity index (χ3v) is 8.23. The molecule has 2 bridgehead atoms. The highest BCUT2D eigenvalue weighted by Crippen LogP contribution is 2.67. The Bertz CT molecular complexity index is 553. The maximum Gasteiger partial charge on any atom is 0.0988 e. The van der Waals surface area contributed by atoms with Crippen LogP contribution in [-0.4, -0.2) is 67.8 Å². The molecule has 0 aromatic rings. The SMILES string of the molecule is COC1CCC2CC3C4C=CC(O)C5OC1C2C45CC[N+]3(C)C.[Br-]. The van der Waals surface area contributed by atoms with Crippen LogP contribution in [0.5, 0.6) is 0 Å². The standard InChI is InChI=1S/C19H30NO3.BrH/c1-20(2)9-8-19-12-5-6-14(21)18(19)23-17-15(22-3)7-4-11(16(17)19)10-13(12)20;/h5-6,11-18,21H,4,7-10H2,1-3H3;1H/q+1;/p-1. The summed E-state index contributed by atoms with van der Waals surface area (Å²) in [5, 5.41) is 10.7. The number of halogens is 1. The summed E-state index contributed by atoms with van der Waals surface area (Å²) in [5.74, 6) is 1.88. The molecule has 2 aliphatic heterocycles. The Labute approximate surface area is 155 Å². The first-order valence-electron chi connectivity index (χ1n) is 9.36. The van der Waals surface area contributed by atoms with Crippen LogP contribution in [0, 0.1) is 23.2 Å². The number of aliphatic hydroxyl groups excluding tert-OH is 1.